The Morgan fingerprint density at radius 3 is 1.58 bits per heavy atom. The van der Waals surface area contributed by atoms with Crippen molar-refractivity contribution in [3.05, 3.63) is 0 Å². The van der Waals surface area contributed by atoms with Crippen molar-refractivity contribution in [2.45, 2.75) is 64.7 Å². The molecule has 2 heteroatoms. The molecule has 72 valence electrons. The van der Waals surface area contributed by atoms with Crippen LogP contribution < -0.4 is 10.6 Å². The molecule has 0 saturated carbocycles. The maximum absolute atomic E-state index is 3.69. The Kier molecular flexibility index (Phi) is 3.53. The second-order valence-electron chi connectivity index (χ2n) is 3.94. The normalized spacial score (nSPS) is 43.0. The molecular formula is C10H22N2. The molecule has 4 unspecified atom stereocenters. The Morgan fingerprint density at radius 1 is 0.833 bits per heavy atom. The summed E-state index contributed by atoms with van der Waals surface area (Å²) in [6.45, 7) is 9.03. The fraction of sp³-hybridized carbons (Fsp3) is 1.00. The monoisotopic (exact) mass is 170 g/mol. The van der Waals surface area contributed by atoms with Crippen molar-refractivity contribution in [3.8, 4) is 0 Å². The van der Waals surface area contributed by atoms with Crippen molar-refractivity contribution in [2.24, 2.45) is 0 Å². The first-order valence-electron chi connectivity index (χ1n) is 5.21. The van der Waals surface area contributed by atoms with Crippen LogP contribution in [0.3, 0.4) is 0 Å². The van der Waals surface area contributed by atoms with Gasteiger partial charge in [-0.15, -0.1) is 0 Å². The van der Waals surface area contributed by atoms with Crippen LogP contribution in [-0.2, 0) is 0 Å². The topological polar surface area (TPSA) is 24.1 Å². The first-order valence-corrected chi connectivity index (χ1v) is 5.21. The second-order valence-corrected chi connectivity index (χ2v) is 3.94. The molecule has 12 heavy (non-hydrogen) atoms. The van der Waals surface area contributed by atoms with Crippen LogP contribution in [0.1, 0.15) is 40.5 Å². The van der Waals surface area contributed by atoms with Gasteiger partial charge in [0.05, 0.1) is 0 Å². The highest BCUT2D eigenvalue weighted by Gasteiger charge is 2.28. The van der Waals surface area contributed by atoms with Crippen LogP contribution in [0.25, 0.3) is 0 Å². The lowest BCUT2D eigenvalue weighted by Crippen LogP contribution is -2.63. The highest BCUT2D eigenvalue weighted by Crippen LogP contribution is 2.11. The third-order valence-corrected chi connectivity index (χ3v) is 3.04. The maximum Gasteiger partial charge on any atom is 0.0219 e. The quantitative estimate of drug-likeness (QED) is 0.656. The Bertz CT molecular complexity index is 122. The van der Waals surface area contributed by atoms with Gasteiger partial charge in [-0.1, -0.05) is 13.8 Å². The van der Waals surface area contributed by atoms with E-state index in [1.165, 1.54) is 12.8 Å². The van der Waals surface area contributed by atoms with Gasteiger partial charge in [0.25, 0.3) is 0 Å². The molecule has 0 aromatic rings. The summed E-state index contributed by atoms with van der Waals surface area (Å²) < 4.78 is 0. The fourth-order valence-electron chi connectivity index (χ4n) is 2.15. The Balaban J connectivity index is 2.50. The average Bonchev–Trinajstić information content (AvgIpc) is 2.05. The van der Waals surface area contributed by atoms with Crippen LogP contribution in [0.2, 0.25) is 0 Å². The fourth-order valence-corrected chi connectivity index (χ4v) is 2.15. The van der Waals surface area contributed by atoms with Crippen LogP contribution in [0, 0.1) is 0 Å². The van der Waals surface area contributed by atoms with Gasteiger partial charge in [0, 0.05) is 24.2 Å². The number of rotatable bonds is 2. The zero-order chi connectivity index (χ0) is 9.14. The maximum atomic E-state index is 3.69. The zero-order valence-electron chi connectivity index (χ0n) is 8.72. The molecule has 0 spiro atoms. The summed E-state index contributed by atoms with van der Waals surface area (Å²) in [7, 11) is 0. The first kappa shape index (κ1) is 10.0. The number of hydrogen-bond acceptors (Lipinski definition) is 2. The molecule has 0 bridgehead atoms. The van der Waals surface area contributed by atoms with Crippen molar-refractivity contribution < 1.29 is 0 Å². The van der Waals surface area contributed by atoms with Crippen molar-refractivity contribution >= 4 is 0 Å². The second kappa shape index (κ2) is 4.24. The summed E-state index contributed by atoms with van der Waals surface area (Å²) in [5.74, 6) is 0. The average molecular weight is 170 g/mol. The smallest absolute Gasteiger partial charge is 0.0219 e. The minimum atomic E-state index is 0.618. The van der Waals surface area contributed by atoms with Crippen molar-refractivity contribution in [1.29, 1.82) is 0 Å². The molecule has 0 amide bonds. The summed E-state index contributed by atoms with van der Waals surface area (Å²) >= 11 is 0. The lowest BCUT2D eigenvalue weighted by atomic mass is 9.95. The molecule has 0 radical (unpaired) electrons. The molecule has 1 rings (SSSR count). The van der Waals surface area contributed by atoms with Gasteiger partial charge in [-0.2, -0.15) is 0 Å². The molecule has 0 aromatic heterocycles. The molecule has 4 atom stereocenters. The highest BCUT2D eigenvalue weighted by atomic mass is 15.1. The number of nitrogens with one attached hydrogen (secondary N) is 2. The summed E-state index contributed by atoms with van der Waals surface area (Å²) in [6, 6.07) is 2.55. The standard InChI is InChI=1S/C10H22N2/c1-5-9-7(3)11-8(4)10(6-2)12-9/h7-12H,5-6H2,1-4H3. The van der Waals surface area contributed by atoms with Gasteiger partial charge < -0.3 is 10.6 Å². The van der Waals surface area contributed by atoms with Crippen molar-refractivity contribution in [1.82, 2.24) is 10.6 Å². The lowest BCUT2D eigenvalue weighted by Gasteiger charge is -2.40. The van der Waals surface area contributed by atoms with E-state index >= 15 is 0 Å². The van der Waals surface area contributed by atoms with Crippen molar-refractivity contribution in [3.63, 3.8) is 0 Å². The molecule has 1 aliphatic heterocycles. The Labute approximate surface area is 76.1 Å². The SMILES string of the molecule is CCC1NC(CC)C(C)NC1C. The van der Waals surface area contributed by atoms with Crippen LogP contribution >= 0.6 is 0 Å². The molecule has 2 N–H and O–H groups in total. The molecule has 1 heterocycles. The molecule has 2 nitrogen and oxygen atoms in total. The van der Waals surface area contributed by atoms with E-state index in [1.807, 2.05) is 0 Å². The Morgan fingerprint density at radius 2 is 1.25 bits per heavy atom. The van der Waals surface area contributed by atoms with E-state index in [9.17, 15) is 0 Å². The van der Waals surface area contributed by atoms with Crippen molar-refractivity contribution in [2.75, 3.05) is 0 Å². The van der Waals surface area contributed by atoms with Gasteiger partial charge in [0.15, 0.2) is 0 Å². The van der Waals surface area contributed by atoms with Crippen LogP contribution in [0.4, 0.5) is 0 Å². The van der Waals surface area contributed by atoms with Gasteiger partial charge in [0.1, 0.15) is 0 Å². The summed E-state index contributed by atoms with van der Waals surface area (Å²) in [4.78, 5) is 0. The minimum Gasteiger partial charge on any atom is -0.309 e. The molecule has 0 aliphatic carbocycles. The first-order chi connectivity index (χ1) is 5.69. The highest BCUT2D eigenvalue weighted by molar-refractivity contribution is 4.92. The Hall–Kier alpha value is -0.0800. The molecule has 1 aliphatic rings. The van der Waals surface area contributed by atoms with Crippen LogP contribution in [0.5, 0.6) is 0 Å². The van der Waals surface area contributed by atoms with E-state index in [0.717, 1.165) is 0 Å². The third-order valence-electron chi connectivity index (χ3n) is 3.04. The van der Waals surface area contributed by atoms with E-state index in [4.69, 9.17) is 0 Å². The summed E-state index contributed by atoms with van der Waals surface area (Å²) in [5, 5.41) is 7.31. The molecular weight excluding hydrogens is 148 g/mol. The van der Waals surface area contributed by atoms with E-state index in [0.29, 0.717) is 24.2 Å². The number of hydrogen-bond donors (Lipinski definition) is 2. The lowest BCUT2D eigenvalue weighted by molar-refractivity contribution is 0.219. The zero-order valence-corrected chi connectivity index (χ0v) is 8.72. The van der Waals surface area contributed by atoms with E-state index in [2.05, 4.69) is 38.3 Å². The predicted molar refractivity (Wildman–Crippen MR) is 53.4 cm³/mol. The van der Waals surface area contributed by atoms with E-state index in [1.54, 1.807) is 0 Å². The molecule has 1 fully saturated rings. The van der Waals surface area contributed by atoms with Gasteiger partial charge in [-0.3, -0.25) is 0 Å². The third kappa shape index (κ3) is 1.99. The van der Waals surface area contributed by atoms with Gasteiger partial charge in [0.2, 0.25) is 0 Å². The number of piperazine rings is 1. The van der Waals surface area contributed by atoms with Gasteiger partial charge in [-0.25, -0.2) is 0 Å². The summed E-state index contributed by atoms with van der Waals surface area (Å²) in [5.41, 5.74) is 0. The van der Waals surface area contributed by atoms with Gasteiger partial charge in [-0.05, 0) is 26.7 Å². The van der Waals surface area contributed by atoms with E-state index < -0.39 is 0 Å². The summed E-state index contributed by atoms with van der Waals surface area (Å²) in [6.07, 6.45) is 2.44. The minimum absolute atomic E-state index is 0.618. The van der Waals surface area contributed by atoms with Crippen LogP contribution in [-0.4, -0.2) is 24.2 Å². The molecule has 0 aromatic carbocycles. The van der Waals surface area contributed by atoms with Gasteiger partial charge >= 0.3 is 0 Å². The van der Waals surface area contributed by atoms with E-state index in [-0.39, 0.29) is 0 Å². The van der Waals surface area contributed by atoms with Crippen LogP contribution in [0.15, 0.2) is 0 Å². The largest absolute Gasteiger partial charge is 0.309 e. The predicted octanol–water partition coefficient (Wildman–Crippen LogP) is 1.51. The molecule has 1 saturated heterocycles.